The Labute approximate surface area is 168 Å². The van der Waals surface area contributed by atoms with Crippen LogP contribution in [-0.4, -0.2) is 35.0 Å². The van der Waals surface area contributed by atoms with Crippen LogP contribution in [0.25, 0.3) is 0 Å². The molecule has 1 N–H and O–H groups in total. The van der Waals surface area contributed by atoms with E-state index in [1.165, 1.54) is 5.56 Å². The lowest BCUT2D eigenvalue weighted by Crippen LogP contribution is -2.41. The van der Waals surface area contributed by atoms with Gasteiger partial charge in [0.15, 0.2) is 6.61 Å². The number of carbonyl (C=O) groups excluding carboxylic acids is 1. The Balaban J connectivity index is 1.77. The fourth-order valence-corrected chi connectivity index (χ4v) is 4.04. The van der Waals surface area contributed by atoms with Crippen molar-refractivity contribution in [1.82, 2.24) is 4.90 Å². The van der Waals surface area contributed by atoms with Gasteiger partial charge in [-0.1, -0.05) is 35.9 Å². The van der Waals surface area contributed by atoms with Crippen LogP contribution >= 0.6 is 11.6 Å². The number of halogens is 1. The number of nitrogens with zero attached hydrogens (tertiary/aromatic N) is 1. The highest BCUT2D eigenvalue weighted by atomic mass is 35.5. The van der Waals surface area contributed by atoms with Crippen LogP contribution in [0.2, 0.25) is 5.02 Å². The summed E-state index contributed by atoms with van der Waals surface area (Å²) in [6.07, 6.45) is 3.59. The smallest absolute Gasteiger partial charge is 0.341 e. The molecular formula is C22H22ClNO4. The van der Waals surface area contributed by atoms with Crippen molar-refractivity contribution in [3.63, 3.8) is 0 Å². The zero-order valence-corrected chi connectivity index (χ0v) is 16.2. The SMILES string of the molecule is O=C(O)COc1ccc(Cl)cc1C1c2ccccc2CCN1C(=O)CC1CC1. The monoisotopic (exact) mass is 399 g/mol. The molecule has 2 aromatic carbocycles. The van der Waals surface area contributed by atoms with Crippen LogP contribution in [0.4, 0.5) is 0 Å². The van der Waals surface area contributed by atoms with Crippen LogP contribution in [0.5, 0.6) is 5.75 Å². The number of hydrogen-bond acceptors (Lipinski definition) is 3. The summed E-state index contributed by atoms with van der Waals surface area (Å²) in [4.78, 5) is 26.0. The van der Waals surface area contributed by atoms with Crippen LogP contribution in [-0.2, 0) is 16.0 Å². The summed E-state index contributed by atoms with van der Waals surface area (Å²) in [6.45, 7) is 0.178. The molecule has 1 atom stereocenters. The summed E-state index contributed by atoms with van der Waals surface area (Å²) in [5, 5.41) is 9.54. The van der Waals surface area contributed by atoms with E-state index < -0.39 is 12.6 Å². The fraction of sp³-hybridized carbons (Fsp3) is 0.364. The molecule has 0 radical (unpaired) electrons. The Kier molecular flexibility index (Phi) is 5.27. The van der Waals surface area contributed by atoms with Gasteiger partial charge in [-0.3, -0.25) is 4.79 Å². The summed E-state index contributed by atoms with van der Waals surface area (Å²) in [7, 11) is 0. The molecule has 1 unspecified atom stereocenters. The molecule has 0 spiro atoms. The molecule has 4 rings (SSSR count). The molecule has 0 saturated heterocycles. The van der Waals surface area contributed by atoms with Gasteiger partial charge in [0.05, 0.1) is 6.04 Å². The Morgan fingerprint density at radius 1 is 1.14 bits per heavy atom. The molecule has 146 valence electrons. The third-order valence-corrected chi connectivity index (χ3v) is 5.62. The first-order valence-electron chi connectivity index (χ1n) is 9.54. The Bertz CT molecular complexity index is 909. The molecule has 5 nitrogen and oxygen atoms in total. The van der Waals surface area contributed by atoms with Crippen LogP contribution in [0, 0.1) is 5.92 Å². The number of carbonyl (C=O) groups is 2. The number of ether oxygens (including phenoxy) is 1. The van der Waals surface area contributed by atoms with Crippen molar-refractivity contribution < 1.29 is 19.4 Å². The summed E-state index contributed by atoms with van der Waals surface area (Å²) in [5.41, 5.74) is 2.96. The summed E-state index contributed by atoms with van der Waals surface area (Å²) >= 11 is 6.27. The highest BCUT2D eigenvalue weighted by Crippen LogP contribution is 2.42. The molecule has 0 bridgehead atoms. The minimum atomic E-state index is -1.05. The Hall–Kier alpha value is -2.53. The van der Waals surface area contributed by atoms with E-state index in [2.05, 4.69) is 6.07 Å². The van der Waals surface area contributed by atoms with Gasteiger partial charge in [0.2, 0.25) is 5.91 Å². The van der Waals surface area contributed by atoms with E-state index in [1.807, 2.05) is 23.1 Å². The van der Waals surface area contributed by atoms with Crippen molar-refractivity contribution in [2.45, 2.75) is 31.7 Å². The fourth-order valence-electron chi connectivity index (χ4n) is 3.86. The molecule has 28 heavy (non-hydrogen) atoms. The predicted octanol–water partition coefficient (Wildman–Crippen LogP) is 4.08. The van der Waals surface area contributed by atoms with E-state index in [4.69, 9.17) is 21.4 Å². The maximum atomic E-state index is 13.1. The lowest BCUT2D eigenvalue weighted by atomic mass is 9.87. The van der Waals surface area contributed by atoms with Gasteiger partial charge in [0, 0.05) is 23.6 Å². The van der Waals surface area contributed by atoms with Gasteiger partial charge in [-0.25, -0.2) is 4.79 Å². The average Bonchev–Trinajstić information content (AvgIpc) is 3.50. The van der Waals surface area contributed by atoms with Crippen molar-refractivity contribution in [3.05, 3.63) is 64.2 Å². The molecule has 1 saturated carbocycles. The first kappa shape index (κ1) is 18.8. The first-order chi connectivity index (χ1) is 13.5. The van der Waals surface area contributed by atoms with Gasteiger partial charge in [-0.05, 0) is 54.5 Å². The molecule has 1 heterocycles. The molecule has 1 fully saturated rings. The maximum absolute atomic E-state index is 13.1. The first-order valence-corrected chi connectivity index (χ1v) is 9.92. The second kappa shape index (κ2) is 7.84. The number of aliphatic carboxylic acids is 1. The Morgan fingerprint density at radius 2 is 1.93 bits per heavy atom. The maximum Gasteiger partial charge on any atom is 0.341 e. The standard InChI is InChI=1S/C22H22ClNO4/c23-16-7-8-19(28-13-21(26)27)18(12-16)22-17-4-2-1-3-15(17)9-10-24(22)20(25)11-14-5-6-14/h1-4,7-8,12,14,22H,5-6,9-11,13H2,(H,26,27). The third kappa shape index (κ3) is 3.99. The van der Waals surface area contributed by atoms with Crippen molar-refractivity contribution in [2.24, 2.45) is 5.92 Å². The van der Waals surface area contributed by atoms with Gasteiger partial charge in [0.25, 0.3) is 0 Å². The number of fused-ring (bicyclic) bond motifs is 1. The van der Waals surface area contributed by atoms with Crippen LogP contribution in [0.1, 0.15) is 42.0 Å². The Morgan fingerprint density at radius 3 is 2.68 bits per heavy atom. The van der Waals surface area contributed by atoms with Crippen molar-refractivity contribution in [2.75, 3.05) is 13.2 Å². The van der Waals surface area contributed by atoms with Crippen molar-refractivity contribution in [1.29, 1.82) is 0 Å². The summed E-state index contributed by atoms with van der Waals surface area (Å²) < 4.78 is 5.55. The van der Waals surface area contributed by atoms with Crippen molar-refractivity contribution in [3.8, 4) is 5.75 Å². The summed E-state index contributed by atoms with van der Waals surface area (Å²) in [6, 6.07) is 12.9. The molecule has 2 aliphatic rings. The average molecular weight is 400 g/mol. The van der Waals surface area contributed by atoms with Crippen LogP contribution in [0.3, 0.4) is 0 Å². The zero-order chi connectivity index (χ0) is 19.7. The lowest BCUT2D eigenvalue weighted by molar-refractivity contribution is -0.139. The van der Waals surface area contributed by atoms with Gasteiger partial charge >= 0.3 is 5.97 Å². The largest absolute Gasteiger partial charge is 0.482 e. The summed E-state index contributed by atoms with van der Waals surface area (Å²) in [5.74, 6) is 0.0166. The topological polar surface area (TPSA) is 66.8 Å². The molecule has 1 amide bonds. The van der Waals surface area contributed by atoms with Gasteiger partial charge in [0.1, 0.15) is 5.75 Å². The van der Waals surface area contributed by atoms with Crippen LogP contribution < -0.4 is 4.74 Å². The number of rotatable bonds is 6. The van der Waals surface area contributed by atoms with Crippen molar-refractivity contribution >= 4 is 23.5 Å². The second-order valence-electron chi connectivity index (χ2n) is 7.45. The van der Waals surface area contributed by atoms with Gasteiger partial charge in [-0.15, -0.1) is 0 Å². The van der Waals surface area contributed by atoms with E-state index in [-0.39, 0.29) is 11.9 Å². The quantitative estimate of drug-likeness (QED) is 0.794. The molecule has 1 aliphatic heterocycles. The van der Waals surface area contributed by atoms with Crippen LogP contribution in [0.15, 0.2) is 42.5 Å². The molecule has 1 aliphatic carbocycles. The van der Waals surface area contributed by atoms with E-state index >= 15 is 0 Å². The molecule has 6 heteroatoms. The highest BCUT2D eigenvalue weighted by Gasteiger charge is 2.36. The molecular weight excluding hydrogens is 378 g/mol. The minimum Gasteiger partial charge on any atom is -0.482 e. The van der Waals surface area contributed by atoms with E-state index in [1.54, 1.807) is 18.2 Å². The highest BCUT2D eigenvalue weighted by molar-refractivity contribution is 6.30. The molecule has 2 aromatic rings. The lowest BCUT2D eigenvalue weighted by Gasteiger charge is -2.38. The normalized spacial score (nSPS) is 18.5. The van der Waals surface area contributed by atoms with E-state index in [0.717, 1.165) is 30.4 Å². The second-order valence-corrected chi connectivity index (χ2v) is 7.89. The number of carboxylic acid groups (broad SMARTS) is 1. The van der Waals surface area contributed by atoms with E-state index in [9.17, 15) is 9.59 Å². The van der Waals surface area contributed by atoms with Gasteiger partial charge in [-0.2, -0.15) is 0 Å². The number of hydrogen-bond donors (Lipinski definition) is 1. The minimum absolute atomic E-state index is 0.131. The zero-order valence-electron chi connectivity index (χ0n) is 15.4. The third-order valence-electron chi connectivity index (χ3n) is 5.38. The number of carboxylic acids is 1. The number of benzene rings is 2. The molecule has 0 aromatic heterocycles. The predicted molar refractivity (Wildman–Crippen MR) is 106 cm³/mol. The number of amides is 1. The van der Waals surface area contributed by atoms with Gasteiger partial charge < -0.3 is 14.7 Å². The van der Waals surface area contributed by atoms with E-state index in [0.29, 0.717) is 29.7 Å².